The van der Waals surface area contributed by atoms with Gasteiger partial charge >= 0.3 is 5.97 Å². The molecule has 0 aliphatic carbocycles. The Hall–Kier alpha value is -3.67. The van der Waals surface area contributed by atoms with Gasteiger partial charge in [-0.25, -0.2) is 9.18 Å². The summed E-state index contributed by atoms with van der Waals surface area (Å²) >= 11 is 0. The van der Waals surface area contributed by atoms with Crippen molar-refractivity contribution in [1.82, 2.24) is 4.57 Å². The van der Waals surface area contributed by atoms with Gasteiger partial charge in [0.15, 0.2) is 0 Å². The summed E-state index contributed by atoms with van der Waals surface area (Å²) < 4.78 is 25.3. The average molecular weight is 376 g/mol. The van der Waals surface area contributed by atoms with Crippen LogP contribution in [0.3, 0.4) is 0 Å². The Kier molecular flexibility index (Phi) is 4.76. The fourth-order valence-electron chi connectivity index (χ4n) is 3.02. The number of fused-ring (bicyclic) bond motifs is 1. The number of carbonyl (C=O) groups is 1. The molecule has 0 amide bonds. The van der Waals surface area contributed by atoms with E-state index in [9.17, 15) is 9.18 Å². The minimum Gasteiger partial charge on any atom is -0.463 e. The molecule has 2 heterocycles. The van der Waals surface area contributed by atoms with E-state index < -0.39 is 5.97 Å². The second kappa shape index (κ2) is 7.52. The topological polar surface area (TPSA) is 56.7 Å². The molecule has 0 aliphatic rings. The Morgan fingerprint density at radius 1 is 1.14 bits per heavy atom. The normalized spacial score (nSPS) is 11.4. The minimum absolute atomic E-state index is 0.173. The summed E-state index contributed by atoms with van der Waals surface area (Å²) in [5.74, 6) is 0.0197. The largest absolute Gasteiger partial charge is 0.463 e. The maximum absolute atomic E-state index is 13.0. The summed E-state index contributed by atoms with van der Waals surface area (Å²) in [5.41, 5.74) is 2.62. The van der Waals surface area contributed by atoms with Crippen molar-refractivity contribution in [3.05, 3.63) is 89.8 Å². The summed E-state index contributed by atoms with van der Waals surface area (Å²) in [5, 5.41) is 1.04. The van der Waals surface area contributed by atoms with Crippen LogP contribution in [0.25, 0.3) is 10.9 Å². The highest BCUT2D eigenvalue weighted by molar-refractivity contribution is 6.00. The number of benzene rings is 2. The van der Waals surface area contributed by atoms with Gasteiger partial charge in [-0.1, -0.05) is 18.2 Å². The van der Waals surface area contributed by atoms with Crippen molar-refractivity contribution in [1.29, 1.82) is 0 Å². The number of para-hydroxylation sites is 1. The first-order chi connectivity index (χ1) is 13.6. The van der Waals surface area contributed by atoms with E-state index in [0.717, 1.165) is 16.5 Å². The number of methoxy groups -OCH3 is 1. The van der Waals surface area contributed by atoms with E-state index in [1.807, 2.05) is 35.0 Å². The molecule has 28 heavy (non-hydrogen) atoms. The Bertz CT molecular complexity index is 1160. The highest BCUT2D eigenvalue weighted by Crippen LogP contribution is 2.23. The number of halogens is 1. The van der Waals surface area contributed by atoms with Crippen LogP contribution in [0.2, 0.25) is 0 Å². The van der Waals surface area contributed by atoms with Gasteiger partial charge in [-0.2, -0.15) is 0 Å². The van der Waals surface area contributed by atoms with E-state index in [1.54, 1.807) is 30.5 Å². The molecule has 0 aliphatic heterocycles. The molecule has 0 N–H and O–H groups in total. The monoisotopic (exact) mass is 376 g/mol. The number of esters is 1. The lowest BCUT2D eigenvalue weighted by molar-refractivity contribution is 0.0563. The van der Waals surface area contributed by atoms with E-state index in [2.05, 4.69) is 9.73 Å². The summed E-state index contributed by atoms with van der Waals surface area (Å²) in [7, 11) is 1.32. The lowest BCUT2D eigenvalue weighted by Crippen LogP contribution is -1.99. The predicted octanol–water partition coefficient (Wildman–Crippen LogP) is 4.96. The number of carbonyl (C=O) groups excluding carboxylic acids is 1. The zero-order valence-electron chi connectivity index (χ0n) is 15.1. The van der Waals surface area contributed by atoms with Crippen molar-refractivity contribution >= 4 is 28.8 Å². The molecule has 140 valence electrons. The molecule has 0 fully saturated rings. The van der Waals surface area contributed by atoms with Crippen LogP contribution in [-0.2, 0) is 11.3 Å². The quantitative estimate of drug-likeness (QED) is 0.365. The molecular weight excluding hydrogens is 359 g/mol. The van der Waals surface area contributed by atoms with Gasteiger partial charge in [-0.15, -0.1) is 0 Å². The molecule has 0 unspecified atom stereocenters. The van der Waals surface area contributed by atoms with E-state index in [0.29, 0.717) is 18.0 Å². The summed E-state index contributed by atoms with van der Waals surface area (Å²) in [6, 6.07) is 17.3. The molecule has 0 radical (unpaired) electrons. The Morgan fingerprint density at radius 3 is 2.71 bits per heavy atom. The lowest BCUT2D eigenvalue weighted by atomic mass is 10.2. The molecule has 4 rings (SSSR count). The smallest absolute Gasteiger partial charge is 0.373 e. The second-order valence-electron chi connectivity index (χ2n) is 6.22. The van der Waals surface area contributed by atoms with Crippen molar-refractivity contribution in [2.45, 2.75) is 6.54 Å². The zero-order valence-corrected chi connectivity index (χ0v) is 15.1. The Balaban J connectivity index is 1.65. The molecule has 2 aromatic carbocycles. The third kappa shape index (κ3) is 3.57. The summed E-state index contributed by atoms with van der Waals surface area (Å²) in [6.07, 6.45) is 3.73. The van der Waals surface area contributed by atoms with E-state index in [4.69, 9.17) is 4.42 Å². The number of furan rings is 1. The predicted molar refractivity (Wildman–Crippen MR) is 105 cm³/mol. The summed E-state index contributed by atoms with van der Waals surface area (Å²) in [4.78, 5) is 16.0. The number of ether oxygens (including phenoxy) is 1. The minimum atomic E-state index is -0.504. The molecule has 6 heteroatoms. The lowest BCUT2D eigenvalue weighted by Gasteiger charge is -2.02. The number of rotatable bonds is 5. The van der Waals surface area contributed by atoms with Crippen LogP contribution in [0.5, 0.6) is 0 Å². The van der Waals surface area contributed by atoms with Crippen LogP contribution in [0.1, 0.15) is 21.9 Å². The van der Waals surface area contributed by atoms with Crippen LogP contribution in [-0.4, -0.2) is 23.9 Å². The van der Waals surface area contributed by atoms with Gasteiger partial charge in [0.1, 0.15) is 11.6 Å². The molecule has 0 saturated heterocycles. The van der Waals surface area contributed by atoms with Gasteiger partial charge in [0.25, 0.3) is 0 Å². The van der Waals surface area contributed by atoms with E-state index in [-0.39, 0.29) is 11.6 Å². The van der Waals surface area contributed by atoms with Crippen molar-refractivity contribution in [2.24, 2.45) is 4.99 Å². The number of aromatic nitrogens is 1. The van der Waals surface area contributed by atoms with Gasteiger partial charge in [-0.05, 0) is 42.5 Å². The van der Waals surface area contributed by atoms with E-state index in [1.165, 1.54) is 19.2 Å². The van der Waals surface area contributed by atoms with Crippen molar-refractivity contribution in [2.75, 3.05) is 7.11 Å². The van der Waals surface area contributed by atoms with Crippen LogP contribution < -0.4 is 0 Å². The third-order valence-electron chi connectivity index (χ3n) is 4.37. The van der Waals surface area contributed by atoms with Gasteiger partial charge in [0.05, 0.1) is 19.3 Å². The van der Waals surface area contributed by atoms with Gasteiger partial charge in [0.2, 0.25) is 5.76 Å². The molecule has 0 bridgehead atoms. The SMILES string of the molecule is COC(=O)c1ccc(Cn2cc(C=Nc3ccc(F)cc3)c3ccccc32)o1. The first-order valence-corrected chi connectivity index (χ1v) is 8.68. The Labute approximate surface area is 160 Å². The van der Waals surface area contributed by atoms with Crippen LogP contribution in [0.4, 0.5) is 10.1 Å². The molecule has 5 nitrogen and oxygen atoms in total. The van der Waals surface area contributed by atoms with E-state index >= 15 is 0 Å². The zero-order chi connectivity index (χ0) is 19.5. The molecule has 0 atom stereocenters. The van der Waals surface area contributed by atoms with Gasteiger partial charge in [0, 0.05) is 28.9 Å². The molecular formula is C22H17FN2O3. The first kappa shape index (κ1) is 17.7. The number of nitrogens with zero attached hydrogens (tertiary/aromatic N) is 2. The van der Waals surface area contributed by atoms with Crippen LogP contribution in [0, 0.1) is 5.82 Å². The fourth-order valence-corrected chi connectivity index (χ4v) is 3.02. The first-order valence-electron chi connectivity index (χ1n) is 8.68. The van der Waals surface area contributed by atoms with Gasteiger partial charge in [-0.3, -0.25) is 4.99 Å². The fraction of sp³-hybridized carbons (Fsp3) is 0.0909. The third-order valence-corrected chi connectivity index (χ3v) is 4.37. The van der Waals surface area contributed by atoms with Crippen molar-refractivity contribution in [3.63, 3.8) is 0 Å². The standard InChI is InChI=1S/C22H17FN2O3/c1-27-22(26)21-11-10-18(28-21)14-25-13-15(19-4-2-3-5-20(19)25)12-24-17-8-6-16(23)7-9-17/h2-13H,14H2,1H3. The second-order valence-corrected chi connectivity index (χ2v) is 6.22. The number of hydrogen-bond donors (Lipinski definition) is 0. The average Bonchev–Trinajstić information content (AvgIpc) is 3.33. The number of aliphatic imine (C=N–C) groups is 1. The Morgan fingerprint density at radius 2 is 1.93 bits per heavy atom. The van der Waals surface area contributed by atoms with Crippen LogP contribution >= 0.6 is 0 Å². The molecule has 0 saturated carbocycles. The van der Waals surface area contributed by atoms with Crippen molar-refractivity contribution < 1.29 is 18.3 Å². The highest BCUT2D eigenvalue weighted by Gasteiger charge is 2.13. The van der Waals surface area contributed by atoms with Crippen molar-refractivity contribution in [3.8, 4) is 0 Å². The molecule has 2 aromatic heterocycles. The maximum atomic E-state index is 13.0. The van der Waals surface area contributed by atoms with Gasteiger partial charge < -0.3 is 13.7 Å². The number of hydrogen-bond acceptors (Lipinski definition) is 4. The molecule has 4 aromatic rings. The highest BCUT2D eigenvalue weighted by atomic mass is 19.1. The van der Waals surface area contributed by atoms with Crippen LogP contribution in [0.15, 0.2) is 76.3 Å². The molecule has 0 spiro atoms. The maximum Gasteiger partial charge on any atom is 0.373 e. The summed E-state index contributed by atoms with van der Waals surface area (Å²) in [6.45, 7) is 0.460.